The number of nitrogens with zero attached hydrogens (tertiary/aromatic N) is 2. The summed E-state index contributed by atoms with van der Waals surface area (Å²) < 4.78 is 0.808. The molecule has 6 rings (SSSR count). The summed E-state index contributed by atoms with van der Waals surface area (Å²) >= 11 is 15.7. The fourth-order valence-corrected chi connectivity index (χ4v) is 6.44. The van der Waals surface area contributed by atoms with Gasteiger partial charge >= 0.3 is 0 Å². The highest BCUT2D eigenvalue weighted by molar-refractivity contribution is 9.10. The lowest BCUT2D eigenvalue weighted by Crippen LogP contribution is -2.46. The van der Waals surface area contributed by atoms with Crippen LogP contribution in [-0.2, 0) is 9.59 Å². The Morgan fingerprint density at radius 2 is 1.44 bits per heavy atom. The van der Waals surface area contributed by atoms with Crippen molar-refractivity contribution in [2.75, 3.05) is 4.90 Å². The minimum Gasteiger partial charge on any atom is -0.359 e. The van der Waals surface area contributed by atoms with Gasteiger partial charge in [0.15, 0.2) is 11.6 Å². The molecule has 0 saturated carbocycles. The Labute approximate surface area is 242 Å². The summed E-state index contributed by atoms with van der Waals surface area (Å²) in [6.07, 6.45) is 4.99. The summed E-state index contributed by atoms with van der Waals surface area (Å²) in [5.74, 6) is -3.33. The predicted molar refractivity (Wildman–Crippen MR) is 152 cm³/mol. The maximum absolute atomic E-state index is 13.9. The molecular weight excluding hydrogens is 603 g/mol. The summed E-state index contributed by atoms with van der Waals surface area (Å²) in [5.41, 5.74) is 1.55. The smallest absolute Gasteiger partial charge is 0.240 e. The molecule has 39 heavy (non-hydrogen) atoms. The Morgan fingerprint density at radius 3 is 2.10 bits per heavy atom. The number of imide groups is 1. The summed E-state index contributed by atoms with van der Waals surface area (Å²) in [6.45, 7) is 0. The number of halogens is 3. The molecular formula is C30H19BrCl2N2O4. The Morgan fingerprint density at radius 1 is 0.795 bits per heavy atom. The second-order valence-electron chi connectivity index (χ2n) is 9.58. The monoisotopic (exact) mass is 620 g/mol. The number of carbonyl (C=O) groups is 4. The largest absolute Gasteiger partial charge is 0.359 e. The molecule has 3 heterocycles. The number of carbonyl (C=O) groups excluding carboxylic acids is 4. The number of rotatable bonds is 5. The first-order valence-electron chi connectivity index (χ1n) is 12.2. The highest BCUT2D eigenvalue weighted by Gasteiger charge is 2.63. The number of hydrogen-bond acceptors (Lipinski definition) is 5. The van der Waals surface area contributed by atoms with E-state index in [1.165, 1.54) is 18.2 Å². The Kier molecular flexibility index (Phi) is 6.53. The fraction of sp³-hybridized carbons (Fsp3) is 0.133. The fourth-order valence-electron chi connectivity index (χ4n) is 5.66. The number of hydrogen-bond donors (Lipinski definition) is 0. The first-order chi connectivity index (χ1) is 18.7. The van der Waals surface area contributed by atoms with Crippen molar-refractivity contribution in [3.63, 3.8) is 0 Å². The maximum Gasteiger partial charge on any atom is 0.240 e. The van der Waals surface area contributed by atoms with E-state index >= 15 is 0 Å². The van der Waals surface area contributed by atoms with Crippen molar-refractivity contribution in [2.45, 2.75) is 12.1 Å². The van der Waals surface area contributed by atoms with Crippen LogP contribution in [-0.4, -0.2) is 40.4 Å². The highest BCUT2D eigenvalue weighted by Crippen LogP contribution is 2.47. The van der Waals surface area contributed by atoms with Gasteiger partial charge in [-0.3, -0.25) is 19.2 Å². The molecule has 6 nitrogen and oxygen atoms in total. The lowest BCUT2D eigenvalue weighted by atomic mass is 9.85. The molecule has 2 saturated heterocycles. The van der Waals surface area contributed by atoms with Crippen LogP contribution in [0.3, 0.4) is 0 Å². The quantitative estimate of drug-likeness (QED) is 0.253. The number of amides is 2. The molecule has 0 radical (unpaired) electrons. The number of benzene rings is 3. The number of ketones is 2. The van der Waals surface area contributed by atoms with E-state index in [0.717, 1.165) is 9.37 Å². The maximum atomic E-state index is 13.9. The van der Waals surface area contributed by atoms with E-state index in [2.05, 4.69) is 15.9 Å². The van der Waals surface area contributed by atoms with Crippen LogP contribution >= 0.6 is 39.1 Å². The molecule has 9 heteroatoms. The average Bonchev–Trinajstić information content (AvgIpc) is 3.39. The molecule has 0 aromatic heterocycles. The third-order valence-corrected chi connectivity index (χ3v) is 8.31. The Bertz CT molecular complexity index is 1580. The number of allylic oxidation sites excluding steroid dienone is 2. The third-order valence-electron chi connectivity index (χ3n) is 7.35. The van der Waals surface area contributed by atoms with E-state index in [-0.39, 0.29) is 27.3 Å². The van der Waals surface area contributed by atoms with Crippen LogP contribution in [0.5, 0.6) is 0 Å². The van der Waals surface area contributed by atoms with Gasteiger partial charge < -0.3 is 4.90 Å². The van der Waals surface area contributed by atoms with Crippen molar-refractivity contribution >= 4 is 68.2 Å². The van der Waals surface area contributed by atoms with E-state index < -0.39 is 35.7 Å². The van der Waals surface area contributed by atoms with Gasteiger partial charge in [0, 0.05) is 37.4 Å². The van der Waals surface area contributed by atoms with Gasteiger partial charge in [-0.15, -0.1) is 0 Å². The predicted octanol–water partition coefficient (Wildman–Crippen LogP) is 6.13. The number of fused-ring (bicyclic) bond motifs is 3. The second kappa shape index (κ2) is 9.90. The molecule has 3 aromatic rings. The molecule has 0 aliphatic carbocycles. The minimum atomic E-state index is -0.969. The zero-order chi connectivity index (χ0) is 27.4. The molecule has 0 unspecified atom stereocenters. The lowest BCUT2D eigenvalue weighted by molar-refractivity contribution is -0.123. The molecule has 4 atom stereocenters. The van der Waals surface area contributed by atoms with Crippen molar-refractivity contribution in [3.05, 3.63) is 122 Å². The minimum absolute atomic E-state index is 0.207. The molecule has 194 valence electrons. The van der Waals surface area contributed by atoms with Gasteiger partial charge in [-0.1, -0.05) is 87.7 Å². The summed E-state index contributed by atoms with van der Waals surface area (Å²) in [4.78, 5) is 57.8. The van der Waals surface area contributed by atoms with Crippen molar-refractivity contribution < 1.29 is 19.2 Å². The van der Waals surface area contributed by atoms with Crippen molar-refractivity contribution in [2.24, 2.45) is 11.8 Å². The van der Waals surface area contributed by atoms with Gasteiger partial charge in [0.25, 0.3) is 0 Å². The molecule has 2 fully saturated rings. The molecule has 0 N–H and O–H groups in total. The van der Waals surface area contributed by atoms with Crippen LogP contribution in [0.2, 0.25) is 10.0 Å². The van der Waals surface area contributed by atoms with Gasteiger partial charge in [-0.25, -0.2) is 4.90 Å². The van der Waals surface area contributed by atoms with Gasteiger partial charge in [-0.05, 0) is 36.4 Å². The molecule has 3 aliphatic heterocycles. The van der Waals surface area contributed by atoms with Crippen molar-refractivity contribution in [1.29, 1.82) is 0 Å². The van der Waals surface area contributed by atoms with Crippen LogP contribution in [0.25, 0.3) is 0 Å². The van der Waals surface area contributed by atoms with E-state index in [0.29, 0.717) is 16.7 Å². The van der Waals surface area contributed by atoms with E-state index in [9.17, 15) is 19.2 Å². The summed E-state index contributed by atoms with van der Waals surface area (Å²) in [7, 11) is 0. The first kappa shape index (κ1) is 25.7. The van der Waals surface area contributed by atoms with Crippen LogP contribution in [0, 0.1) is 11.8 Å². The SMILES string of the molecule is O=C(C1=C[C@@H]2[C@H]3C(=O)N(c4cc(Cl)cc(Cl)c4)C(=O)[C@@H]3[C@H](C(=O)c3ccc(Br)cc3)N2C=C1)c1ccccc1. The standard InChI is InChI=1S/C30H19BrCl2N2O4/c31-19-8-6-17(7-9-19)28(37)26-25-24(29(38)35(30(25)39)22-14-20(32)13-21(33)15-22)23-12-18(10-11-34(23)26)27(36)16-4-2-1-3-5-16/h1-15,23-26H/t23-,24-,25+,26-/m1/s1. The molecule has 3 aromatic carbocycles. The normalized spacial score (nSPS) is 23.5. The van der Waals surface area contributed by atoms with Crippen LogP contribution in [0.15, 0.2) is 101 Å². The van der Waals surface area contributed by atoms with Gasteiger partial charge in [-0.2, -0.15) is 0 Å². The zero-order valence-corrected chi connectivity index (χ0v) is 23.2. The third kappa shape index (κ3) is 4.35. The van der Waals surface area contributed by atoms with Gasteiger partial charge in [0.05, 0.1) is 23.6 Å². The van der Waals surface area contributed by atoms with Gasteiger partial charge in [0.1, 0.15) is 6.04 Å². The molecule has 0 bridgehead atoms. The first-order valence-corrected chi connectivity index (χ1v) is 13.7. The van der Waals surface area contributed by atoms with Crippen LogP contribution < -0.4 is 4.90 Å². The van der Waals surface area contributed by atoms with E-state index in [4.69, 9.17) is 23.2 Å². The molecule has 3 aliphatic rings. The van der Waals surface area contributed by atoms with E-state index in [1.807, 2.05) is 6.07 Å². The second-order valence-corrected chi connectivity index (χ2v) is 11.4. The zero-order valence-electron chi connectivity index (χ0n) is 20.1. The van der Waals surface area contributed by atoms with Crippen LogP contribution in [0.4, 0.5) is 5.69 Å². The van der Waals surface area contributed by atoms with Gasteiger partial charge in [0.2, 0.25) is 11.8 Å². The number of Topliss-reactive ketones (excluding diaryl/α,β-unsaturated/α-hetero) is 2. The van der Waals surface area contributed by atoms with Crippen molar-refractivity contribution in [1.82, 2.24) is 4.90 Å². The Hall–Kier alpha value is -3.52. The summed E-state index contributed by atoms with van der Waals surface area (Å²) in [6, 6.07) is 18.5. The van der Waals surface area contributed by atoms with Crippen molar-refractivity contribution in [3.8, 4) is 0 Å². The lowest BCUT2D eigenvalue weighted by Gasteiger charge is -2.33. The topological polar surface area (TPSA) is 74.8 Å². The highest BCUT2D eigenvalue weighted by atomic mass is 79.9. The Balaban J connectivity index is 1.44. The molecule has 2 amide bonds. The molecule has 0 spiro atoms. The number of anilines is 1. The summed E-state index contributed by atoms with van der Waals surface area (Å²) in [5, 5.41) is 0.547. The van der Waals surface area contributed by atoms with E-state index in [1.54, 1.807) is 71.8 Å². The average molecular weight is 622 g/mol. The van der Waals surface area contributed by atoms with Crippen LogP contribution in [0.1, 0.15) is 20.7 Å².